The number of amides is 1. The summed E-state index contributed by atoms with van der Waals surface area (Å²) in [5.74, 6) is -0.359. The molecule has 0 bridgehead atoms. The van der Waals surface area contributed by atoms with Gasteiger partial charge in [-0.05, 0) is 63.2 Å². The maximum Gasteiger partial charge on any atom is 0.338 e. The van der Waals surface area contributed by atoms with Crippen molar-refractivity contribution in [1.82, 2.24) is 25.0 Å². The monoisotopic (exact) mass is 602 g/mol. The highest BCUT2D eigenvalue weighted by molar-refractivity contribution is 6.33. The summed E-state index contributed by atoms with van der Waals surface area (Å²) in [4.78, 5) is 36.4. The molecule has 42 heavy (non-hydrogen) atoms. The van der Waals surface area contributed by atoms with Crippen molar-refractivity contribution in [3.05, 3.63) is 52.0 Å². The number of carbonyl (C=O) groups is 2. The van der Waals surface area contributed by atoms with E-state index in [1.807, 2.05) is 24.3 Å². The predicted molar refractivity (Wildman–Crippen MR) is 162 cm³/mol. The molecule has 0 saturated carbocycles. The van der Waals surface area contributed by atoms with E-state index in [-0.39, 0.29) is 46.3 Å². The minimum absolute atomic E-state index is 0.110. The Morgan fingerprint density at radius 2 is 1.86 bits per heavy atom. The Kier molecular flexibility index (Phi) is 11.8. The average molecular weight is 603 g/mol. The van der Waals surface area contributed by atoms with Crippen LogP contribution >= 0.6 is 11.6 Å². The summed E-state index contributed by atoms with van der Waals surface area (Å²) >= 11 is 6.09. The first-order valence-electron chi connectivity index (χ1n) is 14.5. The molecule has 2 unspecified atom stereocenters. The van der Waals surface area contributed by atoms with E-state index < -0.39 is 0 Å². The molecule has 11 nitrogen and oxygen atoms in total. The largest absolute Gasteiger partial charge is 0.480 e. The predicted octanol–water partition coefficient (Wildman–Crippen LogP) is 2.53. The van der Waals surface area contributed by atoms with Gasteiger partial charge in [0.25, 0.3) is 5.91 Å². The summed E-state index contributed by atoms with van der Waals surface area (Å²) in [6, 6.07) is 8.97. The van der Waals surface area contributed by atoms with E-state index in [1.165, 1.54) is 26.0 Å². The van der Waals surface area contributed by atoms with Crippen LogP contribution in [0.5, 0.6) is 5.88 Å². The van der Waals surface area contributed by atoms with Crippen LogP contribution in [0.1, 0.15) is 45.5 Å². The normalized spacial score (nSPS) is 19.6. The number of pyridine rings is 1. The molecule has 0 radical (unpaired) electrons. The maximum absolute atomic E-state index is 13.0. The van der Waals surface area contributed by atoms with Crippen molar-refractivity contribution >= 4 is 29.3 Å². The first kappa shape index (κ1) is 32.0. The van der Waals surface area contributed by atoms with E-state index in [9.17, 15) is 9.59 Å². The number of nitrogen functional groups attached to an aromatic ring is 1. The molecule has 4 rings (SSSR count). The van der Waals surface area contributed by atoms with Gasteiger partial charge in [0.2, 0.25) is 5.88 Å². The number of aromatic nitrogens is 1. The number of halogens is 1. The van der Waals surface area contributed by atoms with Crippen LogP contribution in [-0.2, 0) is 16.0 Å². The Balaban J connectivity index is 1.19. The van der Waals surface area contributed by atoms with Crippen molar-refractivity contribution in [1.29, 1.82) is 0 Å². The molecule has 3 N–H and O–H groups in total. The molecule has 0 aliphatic carbocycles. The van der Waals surface area contributed by atoms with Crippen LogP contribution in [0.25, 0.3) is 0 Å². The van der Waals surface area contributed by atoms with Crippen LogP contribution in [0, 0.1) is 0 Å². The Morgan fingerprint density at radius 3 is 2.55 bits per heavy atom. The summed E-state index contributed by atoms with van der Waals surface area (Å²) < 4.78 is 16.4. The minimum atomic E-state index is -0.331. The summed E-state index contributed by atoms with van der Waals surface area (Å²) in [6.45, 7) is 7.44. The lowest BCUT2D eigenvalue weighted by molar-refractivity contribution is 0.00439. The van der Waals surface area contributed by atoms with Gasteiger partial charge in [-0.15, -0.1) is 0 Å². The molecule has 2 aromatic rings. The zero-order valence-electron chi connectivity index (χ0n) is 24.8. The SMILES string of the molecule is COc1nc(N)c(Cl)cc1C(=O)NC1CCN(CCN(C)Cc2ccc(C(=O)OCCN3CCCC3)cc2)CC1OC. The number of likely N-dealkylation sites (N-methyl/N-ethyl adjacent to an activating group) is 1. The standard InChI is InChI=1S/C30H43ClN6O5/c1-35(19-21-6-8-22(9-7-21)30(39)42-17-16-36-11-4-5-12-36)14-15-37-13-10-25(26(20-37)40-2)33-28(38)23-18-24(31)27(32)34-29(23)41-3/h6-9,18,25-26H,4-5,10-17,19-20H2,1-3H3,(H2,32,34)(H,33,38). The number of hydrogen-bond donors (Lipinski definition) is 2. The van der Waals surface area contributed by atoms with Crippen molar-refractivity contribution in [2.24, 2.45) is 0 Å². The fourth-order valence-corrected chi connectivity index (χ4v) is 5.59. The van der Waals surface area contributed by atoms with Crippen LogP contribution < -0.4 is 15.8 Å². The molecule has 2 aliphatic rings. The average Bonchev–Trinajstić information content (AvgIpc) is 3.51. The third kappa shape index (κ3) is 8.78. The Hall–Kier alpha value is -2.96. The van der Waals surface area contributed by atoms with Crippen molar-refractivity contribution in [3.63, 3.8) is 0 Å². The summed E-state index contributed by atoms with van der Waals surface area (Å²) in [6.07, 6.45) is 3.03. The Morgan fingerprint density at radius 1 is 1.12 bits per heavy atom. The van der Waals surface area contributed by atoms with E-state index in [0.29, 0.717) is 18.7 Å². The molecule has 1 aromatic carbocycles. The second-order valence-corrected chi connectivity index (χ2v) is 11.4. The molecule has 3 heterocycles. The number of ether oxygens (including phenoxy) is 3. The molecule has 2 fully saturated rings. The van der Waals surface area contributed by atoms with Gasteiger partial charge in [0, 0.05) is 46.4 Å². The molecule has 2 aliphatic heterocycles. The number of nitrogens with two attached hydrogens (primary N) is 1. The molecular weight excluding hydrogens is 560 g/mol. The van der Waals surface area contributed by atoms with Crippen molar-refractivity contribution < 1.29 is 23.8 Å². The van der Waals surface area contributed by atoms with E-state index in [4.69, 9.17) is 31.5 Å². The molecule has 1 aromatic heterocycles. The molecule has 2 atom stereocenters. The first-order chi connectivity index (χ1) is 20.3. The first-order valence-corrected chi connectivity index (χ1v) is 14.9. The molecule has 0 spiro atoms. The van der Waals surface area contributed by atoms with Gasteiger partial charge in [0.05, 0.1) is 29.8 Å². The lowest BCUT2D eigenvalue weighted by atomic mass is 10.0. The number of nitrogens with one attached hydrogen (secondary N) is 1. The van der Waals surface area contributed by atoms with E-state index in [0.717, 1.165) is 57.8 Å². The van der Waals surface area contributed by atoms with Crippen LogP contribution in [0.3, 0.4) is 0 Å². The molecule has 230 valence electrons. The third-order valence-corrected chi connectivity index (χ3v) is 8.25. The van der Waals surface area contributed by atoms with E-state index >= 15 is 0 Å². The Bertz CT molecular complexity index is 1190. The smallest absolute Gasteiger partial charge is 0.338 e. The number of esters is 1. The van der Waals surface area contributed by atoms with Crippen LogP contribution in [0.4, 0.5) is 5.82 Å². The maximum atomic E-state index is 13.0. The highest BCUT2D eigenvalue weighted by Crippen LogP contribution is 2.25. The number of nitrogens with zero attached hydrogens (tertiary/aromatic N) is 4. The van der Waals surface area contributed by atoms with Gasteiger partial charge in [-0.1, -0.05) is 23.7 Å². The number of methoxy groups -OCH3 is 2. The quantitative estimate of drug-likeness (QED) is 0.331. The summed E-state index contributed by atoms with van der Waals surface area (Å²) in [5, 5.41) is 3.26. The van der Waals surface area contributed by atoms with Gasteiger partial charge in [-0.25, -0.2) is 4.79 Å². The van der Waals surface area contributed by atoms with Crippen LogP contribution in [0.15, 0.2) is 30.3 Å². The topological polar surface area (TPSA) is 122 Å². The fourth-order valence-electron chi connectivity index (χ4n) is 5.44. The van der Waals surface area contributed by atoms with E-state index in [1.54, 1.807) is 7.11 Å². The number of rotatable bonds is 13. The number of likely N-dealkylation sites (tertiary alicyclic amines) is 2. The van der Waals surface area contributed by atoms with Crippen LogP contribution in [0.2, 0.25) is 5.02 Å². The van der Waals surface area contributed by atoms with Gasteiger partial charge in [-0.3, -0.25) is 14.6 Å². The van der Waals surface area contributed by atoms with Crippen molar-refractivity contribution in [2.45, 2.75) is 38.0 Å². The number of hydrogen-bond acceptors (Lipinski definition) is 10. The second-order valence-electron chi connectivity index (χ2n) is 11.0. The number of piperidine rings is 1. The highest BCUT2D eigenvalue weighted by Gasteiger charge is 2.31. The highest BCUT2D eigenvalue weighted by atomic mass is 35.5. The summed E-state index contributed by atoms with van der Waals surface area (Å²) in [7, 11) is 5.18. The number of carbonyl (C=O) groups excluding carboxylic acids is 2. The zero-order valence-corrected chi connectivity index (χ0v) is 25.6. The minimum Gasteiger partial charge on any atom is -0.480 e. The van der Waals surface area contributed by atoms with Crippen LogP contribution in [-0.4, -0.2) is 117 Å². The third-order valence-electron chi connectivity index (χ3n) is 7.95. The molecular formula is C30H43ClN6O5. The summed E-state index contributed by atoms with van der Waals surface area (Å²) in [5.41, 5.74) is 7.70. The van der Waals surface area contributed by atoms with Gasteiger partial charge in [0.15, 0.2) is 0 Å². The van der Waals surface area contributed by atoms with Gasteiger partial charge >= 0.3 is 5.97 Å². The van der Waals surface area contributed by atoms with Crippen molar-refractivity contribution in [3.8, 4) is 5.88 Å². The molecule has 2 saturated heterocycles. The Labute approximate surface area is 253 Å². The van der Waals surface area contributed by atoms with E-state index in [2.05, 4.69) is 32.0 Å². The van der Waals surface area contributed by atoms with Gasteiger partial charge in [-0.2, -0.15) is 4.98 Å². The van der Waals surface area contributed by atoms with Gasteiger partial charge < -0.3 is 30.2 Å². The number of anilines is 1. The van der Waals surface area contributed by atoms with Gasteiger partial charge in [0.1, 0.15) is 18.0 Å². The second kappa shape index (κ2) is 15.5. The number of benzene rings is 1. The molecule has 1 amide bonds. The molecule has 12 heteroatoms. The zero-order chi connectivity index (χ0) is 30.1. The fraction of sp³-hybridized carbons (Fsp3) is 0.567. The lowest BCUT2D eigenvalue weighted by Crippen LogP contribution is -2.55. The lowest BCUT2D eigenvalue weighted by Gasteiger charge is -2.38. The van der Waals surface area contributed by atoms with Crippen molar-refractivity contribution in [2.75, 3.05) is 79.4 Å².